The Labute approximate surface area is 153 Å². The zero-order valence-corrected chi connectivity index (χ0v) is 14.4. The minimum absolute atomic E-state index is 0.662. The van der Waals surface area contributed by atoms with Crippen molar-refractivity contribution < 1.29 is 0 Å². The summed E-state index contributed by atoms with van der Waals surface area (Å²) >= 11 is 12.5. The van der Waals surface area contributed by atoms with E-state index in [4.69, 9.17) is 23.2 Å². The fraction of sp³-hybridized carbons (Fsp3) is 0.0556. The number of aromatic nitrogens is 5. The van der Waals surface area contributed by atoms with Crippen LogP contribution >= 0.6 is 23.2 Å². The standard InChI is InChI=1S/C18H11Cl2N5/c19-12-5-4-11-9-24-10-13(20)8-16(24)18-23-22-17(25(18)15(11)7-12)14-3-1-2-6-21-14/h1-8,10H,9H2. The van der Waals surface area contributed by atoms with Crippen LogP contribution in [0.5, 0.6) is 0 Å². The normalized spacial score (nSPS) is 12.2. The van der Waals surface area contributed by atoms with Crippen molar-refractivity contribution in [1.82, 2.24) is 24.3 Å². The van der Waals surface area contributed by atoms with Crippen molar-refractivity contribution in [2.45, 2.75) is 6.54 Å². The van der Waals surface area contributed by atoms with Crippen LogP contribution in [0.1, 0.15) is 5.56 Å². The van der Waals surface area contributed by atoms with Gasteiger partial charge in [-0.1, -0.05) is 35.3 Å². The molecule has 0 spiro atoms. The van der Waals surface area contributed by atoms with Crippen LogP contribution in [0.4, 0.5) is 0 Å². The molecule has 0 saturated carbocycles. The Kier molecular flexibility index (Phi) is 3.20. The molecule has 5 rings (SSSR count). The Morgan fingerprint density at radius 2 is 1.80 bits per heavy atom. The van der Waals surface area contributed by atoms with Crippen molar-refractivity contribution in [1.29, 1.82) is 0 Å². The predicted octanol–water partition coefficient (Wildman–Crippen LogP) is 4.47. The van der Waals surface area contributed by atoms with E-state index in [1.165, 1.54) is 0 Å². The molecular formula is C18H11Cl2N5. The first-order valence-corrected chi connectivity index (χ1v) is 8.48. The summed E-state index contributed by atoms with van der Waals surface area (Å²) in [6.45, 7) is 0.680. The van der Waals surface area contributed by atoms with Gasteiger partial charge in [0.1, 0.15) is 5.69 Å². The van der Waals surface area contributed by atoms with Gasteiger partial charge in [0, 0.05) is 24.0 Å². The molecule has 1 aromatic carbocycles. The lowest BCUT2D eigenvalue weighted by Crippen LogP contribution is -2.02. The highest BCUT2D eigenvalue weighted by atomic mass is 35.5. The van der Waals surface area contributed by atoms with Crippen LogP contribution in [0.15, 0.2) is 54.9 Å². The van der Waals surface area contributed by atoms with E-state index in [0.29, 0.717) is 28.2 Å². The molecule has 4 heterocycles. The monoisotopic (exact) mass is 367 g/mol. The zero-order valence-electron chi connectivity index (χ0n) is 12.9. The van der Waals surface area contributed by atoms with Crippen LogP contribution in [0.25, 0.3) is 28.7 Å². The van der Waals surface area contributed by atoms with Gasteiger partial charge in [0.15, 0.2) is 11.6 Å². The Bertz CT molecular complexity index is 1100. The molecule has 7 heteroatoms. The van der Waals surface area contributed by atoms with Gasteiger partial charge in [-0.2, -0.15) is 0 Å². The van der Waals surface area contributed by atoms with E-state index in [9.17, 15) is 0 Å². The fourth-order valence-corrected chi connectivity index (χ4v) is 3.58. The minimum atomic E-state index is 0.662. The Morgan fingerprint density at radius 1 is 0.920 bits per heavy atom. The maximum atomic E-state index is 6.27. The van der Waals surface area contributed by atoms with Crippen molar-refractivity contribution in [3.63, 3.8) is 0 Å². The first-order chi connectivity index (χ1) is 12.2. The van der Waals surface area contributed by atoms with Crippen LogP contribution in [0.3, 0.4) is 0 Å². The predicted molar refractivity (Wildman–Crippen MR) is 97.1 cm³/mol. The Morgan fingerprint density at radius 3 is 2.64 bits per heavy atom. The molecule has 0 N–H and O–H groups in total. The lowest BCUT2D eigenvalue weighted by molar-refractivity contribution is 0.816. The molecule has 0 atom stereocenters. The van der Waals surface area contributed by atoms with Crippen LogP contribution < -0.4 is 0 Å². The van der Waals surface area contributed by atoms with Crippen molar-refractivity contribution in [3.05, 3.63) is 70.5 Å². The highest BCUT2D eigenvalue weighted by molar-refractivity contribution is 6.31. The lowest BCUT2D eigenvalue weighted by Gasteiger charge is -2.11. The summed E-state index contributed by atoms with van der Waals surface area (Å²) in [5.74, 6) is 1.39. The van der Waals surface area contributed by atoms with Crippen LogP contribution in [0, 0.1) is 0 Å². The zero-order chi connectivity index (χ0) is 17.0. The van der Waals surface area contributed by atoms with E-state index in [1.807, 2.05) is 53.2 Å². The molecule has 0 aliphatic carbocycles. The molecule has 0 unspecified atom stereocenters. The molecule has 0 fully saturated rings. The maximum Gasteiger partial charge on any atom is 0.187 e. The third-order valence-corrected chi connectivity index (χ3v) is 4.72. The smallest absolute Gasteiger partial charge is 0.187 e. The molecule has 0 saturated heterocycles. The highest BCUT2D eigenvalue weighted by Gasteiger charge is 2.25. The minimum Gasteiger partial charge on any atom is -0.339 e. The van der Waals surface area contributed by atoms with Gasteiger partial charge >= 0.3 is 0 Å². The Balaban J connectivity index is 1.88. The van der Waals surface area contributed by atoms with Crippen LogP contribution in [-0.2, 0) is 6.54 Å². The lowest BCUT2D eigenvalue weighted by atomic mass is 10.1. The topological polar surface area (TPSA) is 48.5 Å². The third-order valence-electron chi connectivity index (χ3n) is 4.28. The molecule has 122 valence electrons. The van der Waals surface area contributed by atoms with Gasteiger partial charge in [0.2, 0.25) is 0 Å². The Hall–Kier alpha value is -2.63. The van der Waals surface area contributed by atoms with Crippen LogP contribution in [0.2, 0.25) is 10.0 Å². The van der Waals surface area contributed by atoms with Gasteiger partial charge in [-0.05, 0) is 35.9 Å². The summed E-state index contributed by atoms with van der Waals surface area (Å²) in [6.07, 6.45) is 3.65. The van der Waals surface area contributed by atoms with Gasteiger partial charge in [-0.3, -0.25) is 9.55 Å². The molecule has 0 bridgehead atoms. The fourth-order valence-electron chi connectivity index (χ4n) is 3.19. The SMILES string of the molecule is Clc1ccc2c(c1)-n1c(-c3ccccn3)nnc1-c1cc(Cl)cn1C2. The third kappa shape index (κ3) is 2.27. The number of benzene rings is 1. The van der Waals surface area contributed by atoms with Gasteiger partial charge in [-0.25, -0.2) is 0 Å². The molecular weight excluding hydrogens is 357 g/mol. The summed E-state index contributed by atoms with van der Waals surface area (Å²) in [5.41, 5.74) is 3.71. The van der Waals surface area contributed by atoms with Gasteiger partial charge in [0.25, 0.3) is 0 Å². The summed E-state index contributed by atoms with van der Waals surface area (Å²) in [4.78, 5) is 4.43. The number of hydrogen-bond donors (Lipinski definition) is 0. The molecule has 4 aromatic rings. The average molecular weight is 368 g/mol. The second kappa shape index (κ2) is 5.44. The molecule has 1 aliphatic heterocycles. The molecule has 0 amide bonds. The summed E-state index contributed by atoms with van der Waals surface area (Å²) in [5, 5.41) is 10.2. The van der Waals surface area contributed by atoms with Crippen molar-refractivity contribution in [3.8, 4) is 28.7 Å². The number of nitrogens with zero attached hydrogens (tertiary/aromatic N) is 5. The number of fused-ring (bicyclic) bond motifs is 5. The van der Waals surface area contributed by atoms with E-state index in [1.54, 1.807) is 6.20 Å². The largest absolute Gasteiger partial charge is 0.339 e. The highest BCUT2D eigenvalue weighted by Crippen LogP contribution is 2.35. The summed E-state index contributed by atoms with van der Waals surface area (Å²) < 4.78 is 4.07. The van der Waals surface area contributed by atoms with Crippen molar-refractivity contribution in [2.24, 2.45) is 0 Å². The van der Waals surface area contributed by atoms with E-state index in [2.05, 4.69) is 19.7 Å². The first-order valence-electron chi connectivity index (χ1n) is 7.72. The van der Waals surface area contributed by atoms with Gasteiger partial charge < -0.3 is 4.57 Å². The number of pyridine rings is 1. The van der Waals surface area contributed by atoms with E-state index in [0.717, 1.165) is 22.6 Å². The summed E-state index contributed by atoms with van der Waals surface area (Å²) in [7, 11) is 0. The number of hydrogen-bond acceptors (Lipinski definition) is 3. The van der Waals surface area contributed by atoms with Crippen molar-refractivity contribution >= 4 is 23.2 Å². The van der Waals surface area contributed by atoms with E-state index in [-0.39, 0.29) is 0 Å². The van der Waals surface area contributed by atoms with Crippen molar-refractivity contribution in [2.75, 3.05) is 0 Å². The number of rotatable bonds is 1. The number of halogens is 2. The van der Waals surface area contributed by atoms with Gasteiger partial charge in [0.05, 0.1) is 16.4 Å². The second-order valence-corrected chi connectivity index (χ2v) is 6.71. The molecule has 25 heavy (non-hydrogen) atoms. The first kappa shape index (κ1) is 14.7. The maximum absolute atomic E-state index is 6.27. The van der Waals surface area contributed by atoms with Crippen LogP contribution in [-0.4, -0.2) is 24.3 Å². The second-order valence-electron chi connectivity index (χ2n) is 5.84. The van der Waals surface area contributed by atoms with E-state index >= 15 is 0 Å². The molecule has 0 radical (unpaired) electrons. The van der Waals surface area contributed by atoms with Gasteiger partial charge in [-0.15, -0.1) is 10.2 Å². The molecule has 3 aromatic heterocycles. The quantitative estimate of drug-likeness (QED) is 0.439. The summed E-state index contributed by atoms with van der Waals surface area (Å²) in [6, 6.07) is 13.5. The van der Waals surface area contributed by atoms with E-state index < -0.39 is 0 Å². The molecule has 1 aliphatic rings. The average Bonchev–Trinajstić information content (AvgIpc) is 3.18. The molecule has 5 nitrogen and oxygen atoms in total.